The van der Waals surface area contributed by atoms with Gasteiger partial charge in [0, 0.05) is 36.5 Å². The molecule has 0 saturated heterocycles. The summed E-state index contributed by atoms with van der Waals surface area (Å²) < 4.78 is 15.0. The first kappa shape index (κ1) is 20.4. The van der Waals surface area contributed by atoms with Crippen molar-refractivity contribution in [3.8, 4) is 17.1 Å². The monoisotopic (exact) mass is 442 g/mol. The average molecular weight is 442 g/mol. The zero-order chi connectivity index (χ0) is 22.6. The summed E-state index contributed by atoms with van der Waals surface area (Å²) in [6.07, 6.45) is 7.93. The van der Waals surface area contributed by atoms with Crippen molar-refractivity contribution in [2.45, 2.75) is 12.8 Å². The predicted molar refractivity (Wildman–Crippen MR) is 119 cm³/mol. The molecule has 9 nitrogen and oxygen atoms in total. The summed E-state index contributed by atoms with van der Waals surface area (Å²) in [6, 6.07) is 11.1. The number of H-pyrrole nitrogens is 1. The summed E-state index contributed by atoms with van der Waals surface area (Å²) in [4.78, 5) is 33.3. The van der Waals surface area contributed by atoms with E-state index < -0.39 is 0 Å². The third kappa shape index (κ3) is 4.45. The third-order valence-corrected chi connectivity index (χ3v) is 5.09. The van der Waals surface area contributed by atoms with Gasteiger partial charge in [-0.15, -0.1) is 0 Å². The maximum atomic E-state index is 13.5. The average Bonchev–Trinajstić information content (AvgIpc) is 3.56. The van der Waals surface area contributed by atoms with E-state index in [-0.39, 0.29) is 11.7 Å². The minimum absolute atomic E-state index is 0.193. The Labute approximate surface area is 187 Å². The van der Waals surface area contributed by atoms with E-state index in [1.54, 1.807) is 42.7 Å². The fourth-order valence-electron chi connectivity index (χ4n) is 3.46. The molecule has 0 aliphatic carbocycles. The number of nitrogens with one attached hydrogen (secondary N) is 2. The summed E-state index contributed by atoms with van der Waals surface area (Å²) in [5.41, 5.74) is 2.80. The first-order valence-corrected chi connectivity index (χ1v) is 10.4. The molecule has 3 aromatic heterocycles. The van der Waals surface area contributed by atoms with E-state index in [1.807, 2.05) is 0 Å². The molecule has 3 heterocycles. The largest absolute Gasteiger partial charge is 0.352 e. The van der Waals surface area contributed by atoms with Crippen LogP contribution in [0.2, 0.25) is 0 Å². The van der Waals surface area contributed by atoms with Crippen LogP contribution in [-0.4, -0.2) is 47.2 Å². The Morgan fingerprint density at radius 3 is 2.73 bits per heavy atom. The Kier molecular flexibility index (Phi) is 5.54. The molecule has 0 fully saturated rings. The zero-order valence-electron chi connectivity index (χ0n) is 17.4. The highest BCUT2D eigenvalue weighted by Gasteiger charge is 2.15. The molecule has 10 heteroatoms. The number of aromatic nitrogens is 7. The van der Waals surface area contributed by atoms with E-state index in [0.29, 0.717) is 40.2 Å². The van der Waals surface area contributed by atoms with Crippen LogP contribution in [0.1, 0.15) is 22.6 Å². The summed E-state index contributed by atoms with van der Waals surface area (Å²) in [5, 5.41) is 7.08. The Hall–Kier alpha value is -4.47. The molecule has 5 aromatic rings. The van der Waals surface area contributed by atoms with Gasteiger partial charge in [-0.3, -0.25) is 4.79 Å². The Balaban J connectivity index is 1.43. The van der Waals surface area contributed by atoms with Crippen molar-refractivity contribution in [3.05, 3.63) is 84.7 Å². The summed E-state index contributed by atoms with van der Waals surface area (Å²) in [7, 11) is 0. The fraction of sp³-hybridized carbons (Fsp3) is 0.130. The Bertz CT molecular complexity index is 1380. The van der Waals surface area contributed by atoms with Crippen LogP contribution < -0.4 is 5.32 Å². The molecule has 33 heavy (non-hydrogen) atoms. The van der Waals surface area contributed by atoms with Crippen LogP contribution in [0.25, 0.3) is 28.1 Å². The maximum Gasteiger partial charge on any atom is 0.251 e. The lowest BCUT2D eigenvalue weighted by Gasteiger charge is -2.11. The van der Waals surface area contributed by atoms with E-state index in [9.17, 15) is 9.18 Å². The van der Waals surface area contributed by atoms with E-state index in [0.717, 1.165) is 18.7 Å². The molecule has 0 unspecified atom stereocenters. The van der Waals surface area contributed by atoms with Crippen LogP contribution in [0.3, 0.4) is 0 Å². The van der Waals surface area contributed by atoms with Gasteiger partial charge in [-0.05, 0) is 48.9 Å². The van der Waals surface area contributed by atoms with Crippen molar-refractivity contribution < 1.29 is 9.18 Å². The van der Waals surface area contributed by atoms with E-state index in [4.69, 9.17) is 4.98 Å². The number of nitrogens with zero attached hydrogens (tertiary/aromatic N) is 6. The number of carbonyl (C=O) groups excluding carboxylic acids is 1. The van der Waals surface area contributed by atoms with Gasteiger partial charge in [0.2, 0.25) is 0 Å². The van der Waals surface area contributed by atoms with Gasteiger partial charge >= 0.3 is 0 Å². The quantitative estimate of drug-likeness (QED) is 0.375. The summed E-state index contributed by atoms with van der Waals surface area (Å²) >= 11 is 0. The second-order valence-electron chi connectivity index (χ2n) is 7.34. The molecule has 0 radical (unpaired) electrons. The molecule has 1 amide bonds. The van der Waals surface area contributed by atoms with Gasteiger partial charge in [0.1, 0.15) is 30.0 Å². The molecular weight excluding hydrogens is 423 g/mol. The van der Waals surface area contributed by atoms with Crippen molar-refractivity contribution in [2.75, 3.05) is 6.54 Å². The predicted octanol–water partition coefficient (Wildman–Crippen LogP) is 3.10. The van der Waals surface area contributed by atoms with E-state index in [1.165, 1.54) is 29.5 Å². The number of benzene rings is 2. The number of carbonyl (C=O) groups is 1. The molecule has 0 spiro atoms. The van der Waals surface area contributed by atoms with Crippen molar-refractivity contribution in [1.29, 1.82) is 0 Å². The standard InChI is InChI=1S/C23H19FN8O/c24-17-6-3-15(4-7-17)21-22(32-14-25-13-29-32)31-18-8-5-16(12-19(18)30-21)23(33)28-9-1-2-20-26-10-11-27-20/h3-8,10-14H,1-2,9H2,(H,26,27)(H,28,33). The summed E-state index contributed by atoms with van der Waals surface area (Å²) in [6.45, 7) is 0.523. The highest BCUT2D eigenvalue weighted by atomic mass is 19.1. The number of rotatable bonds is 7. The lowest BCUT2D eigenvalue weighted by molar-refractivity contribution is 0.0953. The first-order chi connectivity index (χ1) is 16.2. The topological polar surface area (TPSA) is 114 Å². The van der Waals surface area contributed by atoms with Gasteiger partial charge in [-0.25, -0.2) is 29.0 Å². The molecule has 5 rings (SSSR count). The molecule has 0 aliphatic rings. The van der Waals surface area contributed by atoms with Gasteiger partial charge in [0.25, 0.3) is 5.91 Å². The van der Waals surface area contributed by atoms with Crippen LogP contribution in [0.5, 0.6) is 0 Å². The molecule has 0 aliphatic heterocycles. The molecule has 0 bridgehead atoms. The normalized spacial score (nSPS) is 11.1. The fourth-order valence-corrected chi connectivity index (χ4v) is 3.46. The number of fused-ring (bicyclic) bond motifs is 1. The highest BCUT2D eigenvalue weighted by molar-refractivity contribution is 5.97. The Morgan fingerprint density at radius 2 is 1.97 bits per heavy atom. The number of halogens is 1. The van der Waals surface area contributed by atoms with Crippen LogP contribution in [0.15, 0.2) is 67.5 Å². The van der Waals surface area contributed by atoms with Crippen molar-refractivity contribution >= 4 is 16.9 Å². The van der Waals surface area contributed by atoms with Crippen molar-refractivity contribution in [2.24, 2.45) is 0 Å². The van der Waals surface area contributed by atoms with Gasteiger partial charge < -0.3 is 10.3 Å². The number of hydrogen-bond acceptors (Lipinski definition) is 6. The number of aromatic amines is 1. The third-order valence-electron chi connectivity index (χ3n) is 5.09. The van der Waals surface area contributed by atoms with Gasteiger partial charge in [-0.1, -0.05) is 0 Å². The second-order valence-corrected chi connectivity index (χ2v) is 7.34. The summed E-state index contributed by atoms with van der Waals surface area (Å²) in [5.74, 6) is 0.811. The number of amides is 1. The maximum absolute atomic E-state index is 13.5. The lowest BCUT2D eigenvalue weighted by atomic mass is 10.1. The molecule has 0 saturated carbocycles. The van der Waals surface area contributed by atoms with Crippen LogP contribution >= 0.6 is 0 Å². The zero-order valence-corrected chi connectivity index (χ0v) is 17.4. The number of imidazole rings is 1. The van der Waals surface area contributed by atoms with E-state index in [2.05, 4.69) is 30.4 Å². The second kappa shape index (κ2) is 8.95. The minimum Gasteiger partial charge on any atom is -0.352 e. The van der Waals surface area contributed by atoms with Crippen molar-refractivity contribution in [3.63, 3.8) is 0 Å². The molecule has 2 N–H and O–H groups in total. The SMILES string of the molecule is O=C(NCCCc1ncc[nH]1)c1ccc2nc(-n3cncn3)c(-c3ccc(F)cc3)nc2c1. The Morgan fingerprint density at radius 1 is 1.09 bits per heavy atom. The van der Waals surface area contributed by atoms with Crippen LogP contribution in [-0.2, 0) is 6.42 Å². The van der Waals surface area contributed by atoms with Crippen LogP contribution in [0.4, 0.5) is 4.39 Å². The molecule has 0 atom stereocenters. The van der Waals surface area contributed by atoms with Gasteiger partial charge in [-0.2, -0.15) is 5.10 Å². The highest BCUT2D eigenvalue weighted by Crippen LogP contribution is 2.26. The van der Waals surface area contributed by atoms with Crippen molar-refractivity contribution in [1.82, 2.24) is 40.0 Å². The van der Waals surface area contributed by atoms with Crippen LogP contribution in [0, 0.1) is 5.82 Å². The van der Waals surface area contributed by atoms with E-state index >= 15 is 0 Å². The number of aryl methyl sites for hydroxylation is 1. The molecule has 2 aromatic carbocycles. The molecule has 164 valence electrons. The smallest absolute Gasteiger partial charge is 0.251 e. The molecular formula is C23H19FN8O. The van der Waals surface area contributed by atoms with Gasteiger partial charge in [0.05, 0.1) is 11.0 Å². The lowest BCUT2D eigenvalue weighted by Crippen LogP contribution is -2.24. The number of hydrogen-bond donors (Lipinski definition) is 2. The van der Waals surface area contributed by atoms with Gasteiger partial charge in [0.15, 0.2) is 5.82 Å². The minimum atomic E-state index is -0.346. The first-order valence-electron chi connectivity index (χ1n) is 10.4.